The summed E-state index contributed by atoms with van der Waals surface area (Å²) < 4.78 is 5.82. The Labute approximate surface area is 90.8 Å². The van der Waals surface area contributed by atoms with Crippen LogP contribution in [0.4, 0.5) is 0 Å². The molecular formula is C12H18N2O. The second kappa shape index (κ2) is 4.31. The number of ether oxygens (including phenoxy) is 1. The summed E-state index contributed by atoms with van der Waals surface area (Å²) in [5, 5.41) is 6.82. The molecule has 3 heteroatoms. The Hall–Kier alpha value is -0.900. The SMILES string of the molecule is CC(C)NC1(c2ccccc2)NCCO1. The summed E-state index contributed by atoms with van der Waals surface area (Å²) in [5.74, 6) is -0.491. The van der Waals surface area contributed by atoms with Crippen molar-refractivity contribution in [3.8, 4) is 0 Å². The van der Waals surface area contributed by atoms with Crippen LogP contribution in [0.1, 0.15) is 19.4 Å². The molecule has 15 heavy (non-hydrogen) atoms. The highest BCUT2D eigenvalue weighted by Gasteiger charge is 2.36. The van der Waals surface area contributed by atoms with Crippen molar-refractivity contribution in [1.29, 1.82) is 0 Å². The first-order valence-electron chi connectivity index (χ1n) is 5.45. The zero-order valence-corrected chi connectivity index (χ0v) is 9.29. The molecule has 0 aliphatic carbocycles. The third-order valence-corrected chi connectivity index (χ3v) is 2.47. The Morgan fingerprint density at radius 2 is 2.07 bits per heavy atom. The van der Waals surface area contributed by atoms with Gasteiger partial charge in [-0.3, -0.25) is 10.6 Å². The van der Waals surface area contributed by atoms with Gasteiger partial charge in [0.1, 0.15) is 0 Å². The van der Waals surface area contributed by atoms with E-state index in [0.29, 0.717) is 6.04 Å². The Bertz CT molecular complexity index is 305. The minimum Gasteiger partial charge on any atom is -0.342 e. The lowest BCUT2D eigenvalue weighted by atomic mass is 10.1. The van der Waals surface area contributed by atoms with E-state index in [-0.39, 0.29) is 0 Å². The van der Waals surface area contributed by atoms with Crippen molar-refractivity contribution in [2.24, 2.45) is 0 Å². The van der Waals surface area contributed by atoms with E-state index in [4.69, 9.17) is 4.74 Å². The molecule has 1 aromatic rings. The molecule has 1 saturated heterocycles. The second-order valence-corrected chi connectivity index (χ2v) is 4.12. The van der Waals surface area contributed by atoms with Crippen LogP contribution in [0.15, 0.2) is 30.3 Å². The molecule has 0 saturated carbocycles. The van der Waals surface area contributed by atoms with Crippen LogP contribution in [0.5, 0.6) is 0 Å². The van der Waals surface area contributed by atoms with E-state index >= 15 is 0 Å². The summed E-state index contributed by atoms with van der Waals surface area (Å²) in [6.07, 6.45) is 0. The van der Waals surface area contributed by atoms with E-state index in [1.54, 1.807) is 0 Å². The average molecular weight is 206 g/mol. The average Bonchev–Trinajstić information content (AvgIpc) is 2.68. The molecule has 0 spiro atoms. The smallest absolute Gasteiger partial charge is 0.202 e. The molecule has 1 heterocycles. The monoisotopic (exact) mass is 206 g/mol. The number of nitrogens with one attached hydrogen (secondary N) is 2. The molecule has 1 atom stereocenters. The highest BCUT2D eigenvalue weighted by molar-refractivity contribution is 5.22. The molecule has 2 rings (SSSR count). The molecule has 0 bridgehead atoms. The van der Waals surface area contributed by atoms with Crippen LogP contribution in [0.3, 0.4) is 0 Å². The maximum absolute atomic E-state index is 5.82. The van der Waals surface area contributed by atoms with Crippen molar-refractivity contribution < 1.29 is 4.74 Å². The van der Waals surface area contributed by atoms with Crippen molar-refractivity contribution in [2.75, 3.05) is 13.2 Å². The molecule has 0 radical (unpaired) electrons. The van der Waals surface area contributed by atoms with Gasteiger partial charge in [-0.15, -0.1) is 0 Å². The maximum atomic E-state index is 5.82. The topological polar surface area (TPSA) is 33.3 Å². The molecule has 1 aliphatic heterocycles. The van der Waals surface area contributed by atoms with Gasteiger partial charge < -0.3 is 4.74 Å². The molecular weight excluding hydrogens is 188 g/mol. The van der Waals surface area contributed by atoms with Crippen LogP contribution < -0.4 is 10.6 Å². The summed E-state index contributed by atoms with van der Waals surface area (Å²) in [5.41, 5.74) is 1.14. The Morgan fingerprint density at radius 3 is 2.60 bits per heavy atom. The van der Waals surface area contributed by atoms with Crippen LogP contribution in [-0.2, 0) is 10.6 Å². The van der Waals surface area contributed by atoms with Crippen LogP contribution >= 0.6 is 0 Å². The fraction of sp³-hybridized carbons (Fsp3) is 0.500. The highest BCUT2D eigenvalue weighted by Crippen LogP contribution is 2.23. The van der Waals surface area contributed by atoms with Gasteiger partial charge in [0, 0.05) is 18.2 Å². The molecule has 0 amide bonds. The molecule has 2 N–H and O–H groups in total. The second-order valence-electron chi connectivity index (χ2n) is 4.12. The third kappa shape index (κ3) is 2.20. The van der Waals surface area contributed by atoms with Crippen molar-refractivity contribution in [3.05, 3.63) is 35.9 Å². The molecule has 1 fully saturated rings. The summed E-state index contributed by atoms with van der Waals surface area (Å²) in [7, 11) is 0. The predicted octanol–water partition coefficient (Wildman–Crippen LogP) is 1.41. The van der Waals surface area contributed by atoms with Gasteiger partial charge in [0.25, 0.3) is 0 Å². The molecule has 1 unspecified atom stereocenters. The fourth-order valence-corrected chi connectivity index (χ4v) is 1.92. The predicted molar refractivity (Wildman–Crippen MR) is 60.3 cm³/mol. The molecule has 3 nitrogen and oxygen atoms in total. The van der Waals surface area contributed by atoms with E-state index in [9.17, 15) is 0 Å². The fourth-order valence-electron chi connectivity index (χ4n) is 1.92. The maximum Gasteiger partial charge on any atom is 0.202 e. The Kier molecular flexibility index (Phi) is 3.05. The van der Waals surface area contributed by atoms with Crippen LogP contribution in [0.25, 0.3) is 0 Å². The Morgan fingerprint density at radius 1 is 1.33 bits per heavy atom. The van der Waals surface area contributed by atoms with E-state index in [1.165, 1.54) is 0 Å². The highest BCUT2D eigenvalue weighted by atomic mass is 16.5. The van der Waals surface area contributed by atoms with E-state index in [1.807, 2.05) is 18.2 Å². The van der Waals surface area contributed by atoms with E-state index in [0.717, 1.165) is 18.7 Å². The van der Waals surface area contributed by atoms with Gasteiger partial charge in [0.15, 0.2) is 0 Å². The lowest BCUT2D eigenvalue weighted by Crippen LogP contribution is -2.53. The quantitative estimate of drug-likeness (QED) is 0.784. The van der Waals surface area contributed by atoms with E-state index < -0.39 is 5.85 Å². The molecule has 0 aromatic heterocycles. The van der Waals surface area contributed by atoms with Gasteiger partial charge in [0.2, 0.25) is 5.85 Å². The lowest BCUT2D eigenvalue weighted by Gasteiger charge is -2.32. The van der Waals surface area contributed by atoms with E-state index in [2.05, 4.69) is 36.6 Å². The summed E-state index contributed by atoms with van der Waals surface area (Å²) in [6.45, 7) is 5.87. The van der Waals surface area contributed by atoms with Gasteiger partial charge >= 0.3 is 0 Å². The summed E-state index contributed by atoms with van der Waals surface area (Å²) >= 11 is 0. The minimum absolute atomic E-state index is 0.371. The van der Waals surface area contributed by atoms with Crippen molar-refractivity contribution in [2.45, 2.75) is 25.7 Å². The van der Waals surface area contributed by atoms with Gasteiger partial charge in [-0.05, 0) is 13.8 Å². The normalized spacial score (nSPS) is 26.1. The van der Waals surface area contributed by atoms with Crippen LogP contribution in [0, 0.1) is 0 Å². The third-order valence-electron chi connectivity index (χ3n) is 2.47. The Balaban J connectivity index is 2.26. The molecule has 1 aliphatic rings. The zero-order valence-electron chi connectivity index (χ0n) is 9.29. The number of hydrogen-bond acceptors (Lipinski definition) is 3. The summed E-state index contributed by atoms with van der Waals surface area (Å²) in [6, 6.07) is 10.6. The molecule has 1 aromatic carbocycles. The number of benzene rings is 1. The standard InChI is InChI=1S/C12H18N2O/c1-10(2)14-12(13-8-9-15-12)11-6-4-3-5-7-11/h3-7,10,13-14H,8-9H2,1-2H3. The van der Waals surface area contributed by atoms with Gasteiger partial charge in [-0.1, -0.05) is 30.3 Å². The van der Waals surface area contributed by atoms with Crippen LogP contribution in [-0.4, -0.2) is 19.2 Å². The largest absolute Gasteiger partial charge is 0.342 e. The van der Waals surface area contributed by atoms with Crippen molar-refractivity contribution in [1.82, 2.24) is 10.6 Å². The van der Waals surface area contributed by atoms with Gasteiger partial charge in [0.05, 0.1) is 6.61 Å². The van der Waals surface area contributed by atoms with Gasteiger partial charge in [-0.2, -0.15) is 0 Å². The van der Waals surface area contributed by atoms with Crippen LogP contribution in [0.2, 0.25) is 0 Å². The zero-order chi connectivity index (χ0) is 10.7. The van der Waals surface area contributed by atoms with Gasteiger partial charge in [-0.25, -0.2) is 0 Å². The molecule has 82 valence electrons. The number of hydrogen-bond donors (Lipinski definition) is 2. The minimum atomic E-state index is -0.491. The lowest BCUT2D eigenvalue weighted by molar-refractivity contribution is -0.0510. The first kappa shape index (κ1) is 10.6. The number of rotatable bonds is 3. The van der Waals surface area contributed by atoms with Crippen molar-refractivity contribution in [3.63, 3.8) is 0 Å². The summed E-state index contributed by atoms with van der Waals surface area (Å²) in [4.78, 5) is 0. The first-order valence-corrected chi connectivity index (χ1v) is 5.45. The van der Waals surface area contributed by atoms with Crippen molar-refractivity contribution >= 4 is 0 Å². The first-order chi connectivity index (χ1) is 7.23.